The average molecular weight is 256 g/mol. The number of carboxylic acid groups (broad SMARTS) is 1. The minimum atomic E-state index is -0.775. The second-order valence-corrected chi connectivity index (χ2v) is 5.46. The Morgan fingerprint density at radius 3 is 2.61 bits per heavy atom. The van der Waals surface area contributed by atoms with Crippen LogP contribution in [0, 0.1) is 11.8 Å². The van der Waals surface area contributed by atoms with Crippen molar-refractivity contribution in [3.63, 3.8) is 0 Å². The summed E-state index contributed by atoms with van der Waals surface area (Å²) in [5.74, 6) is -0.547. The molecule has 104 valence electrons. The molecule has 0 aromatic rings. The Morgan fingerprint density at radius 2 is 2.11 bits per heavy atom. The van der Waals surface area contributed by atoms with Crippen molar-refractivity contribution in [3.05, 3.63) is 0 Å². The van der Waals surface area contributed by atoms with E-state index in [4.69, 9.17) is 5.11 Å². The molecule has 1 fully saturated rings. The number of aliphatic carboxylic acids is 1. The molecule has 1 aliphatic heterocycles. The van der Waals surface area contributed by atoms with Gasteiger partial charge in [0.2, 0.25) is 0 Å². The maximum atomic E-state index is 11.9. The van der Waals surface area contributed by atoms with Crippen LogP contribution in [0.2, 0.25) is 0 Å². The van der Waals surface area contributed by atoms with E-state index in [9.17, 15) is 9.59 Å². The summed E-state index contributed by atoms with van der Waals surface area (Å²) >= 11 is 0. The molecule has 0 aromatic heterocycles. The van der Waals surface area contributed by atoms with Crippen molar-refractivity contribution in [1.82, 2.24) is 10.2 Å². The van der Waals surface area contributed by atoms with Gasteiger partial charge in [0.25, 0.3) is 0 Å². The molecule has 1 saturated heterocycles. The summed E-state index contributed by atoms with van der Waals surface area (Å²) in [4.78, 5) is 24.4. The fraction of sp³-hybridized carbons (Fsp3) is 0.846. The molecule has 1 rings (SSSR count). The van der Waals surface area contributed by atoms with Gasteiger partial charge < -0.3 is 15.3 Å². The molecular formula is C13H24N2O3. The zero-order valence-electron chi connectivity index (χ0n) is 11.5. The lowest BCUT2D eigenvalue weighted by Crippen LogP contribution is -2.42. The van der Waals surface area contributed by atoms with E-state index in [0.29, 0.717) is 31.3 Å². The van der Waals surface area contributed by atoms with Gasteiger partial charge in [-0.15, -0.1) is 0 Å². The summed E-state index contributed by atoms with van der Waals surface area (Å²) in [6.45, 7) is 7.27. The van der Waals surface area contributed by atoms with E-state index in [0.717, 1.165) is 13.0 Å². The second kappa shape index (κ2) is 6.61. The minimum absolute atomic E-state index is 0.0187. The SMILES string of the molecule is CC1CC(C)N(C(=O)NCCCC(C)C(=O)O)C1. The molecule has 0 radical (unpaired) electrons. The van der Waals surface area contributed by atoms with E-state index < -0.39 is 5.97 Å². The maximum Gasteiger partial charge on any atom is 0.317 e. The number of amides is 2. The monoisotopic (exact) mass is 256 g/mol. The average Bonchev–Trinajstić information content (AvgIpc) is 2.63. The lowest BCUT2D eigenvalue weighted by Gasteiger charge is -2.22. The number of hydrogen-bond acceptors (Lipinski definition) is 2. The highest BCUT2D eigenvalue weighted by Crippen LogP contribution is 2.21. The lowest BCUT2D eigenvalue weighted by molar-refractivity contribution is -0.141. The fourth-order valence-corrected chi connectivity index (χ4v) is 2.41. The van der Waals surface area contributed by atoms with E-state index in [1.807, 2.05) is 4.90 Å². The number of rotatable bonds is 5. The third-order valence-corrected chi connectivity index (χ3v) is 3.56. The van der Waals surface area contributed by atoms with Crippen LogP contribution in [0.5, 0.6) is 0 Å². The van der Waals surface area contributed by atoms with Crippen LogP contribution in [0.15, 0.2) is 0 Å². The highest BCUT2D eigenvalue weighted by atomic mass is 16.4. The molecule has 0 spiro atoms. The first-order valence-electron chi connectivity index (χ1n) is 6.69. The van der Waals surface area contributed by atoms with Crippen molar-refractivity contribution in [2.45, 2.75) is 46.1 Å². The maximum absolute atomic E-state index is 11.9. The van der Waals surface area contributed by atoms with Gasteiger partial charge in [-0.05, 0) is 32.1 Å². The summed E-state index contributed by atoms with van der Waals surface area (Å²) in [5.41, 5.74) is 0. The van der Waals surface area contributed by atoms with Gasteiger partial charge in [0.05, 0.1) is 5.92 Å². The Kier molecular flexibility index (Phi) is 5.44. The molecule has 1 aliphatic rings. The van der Waals surface area contributed by atoms with Crippen molar-refractivity contribution in [1.29, 1.82) is 0 Å². The summed E-state index contributed by atoms with van der Waals surface area (Å²) in [6, 6.07) is 0.285. The summed E-state index contributed by atoms with van der Waals surface area (Å²) in [7, 11) is 0. The normalized spacial score (nSPS) is 24.9. The number of likely N-dealkylation sites (tertiary alicyclic amines) is 1. The van der Waals surface area contributed by atoms with Crippen molar-refractivity contribution in [2.75, 3.05) is 13.1 Å². The van der Waals surface area contributed by atoms with Crippen molar-refractivity contribution < 1.29 is 14.7 Å². The van der Waals surface area contributed by atoms with Crippen LogP contribution in [0.3, 0.4) is 0 Å². The smallest absolute Gasteiger partial charge is 0.317 e. The molecule has 5 nitrogen and oxygen atoms in total. The number of nitrogens with one attached hydrogen (secondary N) is 1. The van der Waals surface area contributed by atoms with E-state index >= 15 is 0 Å². The summed E-state index contributed by atoms with van der Waals surface area (Å²) in [6.07, 6.45) is 2.36. The summed E-state index contributed by atoms with van der Waals surface area (Å²) in [5, 5.41) is 11.6. The predicted molar refractivity (Wildman–Crippen MR) is 69.4 cm³/mol. The van der Waals surface area contributed by atoms with Crippen LogP contribution < -0.4 is 5.32 Å². The Hall–Kier alpha value is -1.26. The third kappa shape index (κ3) is 4.20. The number of nitrogens with zero attached hydrogens (tertiary/aromatic N) is 1. The number of hydrogen-bond donors (Lipinski definition) is 2. The first-order valence-corrected chi connectivity index (χ1v) is 6.69. The van der Waals surface area contributed by atoms with Gasteiger partial charge in [-0.3, -0.25) is 4.79 Å². The van der Waals surface area contributed by atoms with E-state index in [-0.39, 0.29) is 11.9 Å². The van der Waals surface area contributed by atoms with Gasteiger partial charge in [0, 0.05) is 19.1 Å². The zero-order valence-corrected chi connectivity index (χ0v) is 11.5. The molecule has 1 heterocycles. The fourth-order valence-electron chi connectivity index (χ4n) is 2.41. The Morgan fingerprint density at radius 1 is 1.44 bits per heavy atom. The molecule has 0 aliphatic carbocycles. The largest absolute Gasteiger partial charge is 0.481 e. The number of carboxylic acids is 1. The van der Waals surface area contributed by atoms with Gasteiger partial charge in [-0.2, -0.15) is 0 Å². The van der Waals surface area contributed by atoms with Gasteiger partial charge >= 0.3 is 12.0 Å². The Bertz CT molecular complexity index is 307. The van der Waals surface area contributed by atoms with Crippen LogP contribution in [-0.4, -0.2) is 41.1 Å². The summed E-state index contributed by atoms with van der Waals surface area (Å²) < 4.78 is 0. The molecule has 3 atom stereocenters. The Labute approximate surface area is 109 Å². The van der Waals surface area contributed by atoms with Crippen LogP contribution in [-0.2, 0) is 4.79 Å². The second-order valence-electron chi connectivity index (χ2n) is 5.46. The van der Waals surface area contributed by atoms with Gasteiger partial charge in [-0.25, -0.2) is 4.79 Å². The van der Waals surface area contributed by atoms with Gasteiger partial charge in [0.1, 0.15) is 0 Å². The standard InChI is InChI=1S/C13H24N2O3/c1-9-7-11(3)15(8-9)13(18)14-6-4-5-10(2)12(16)17/h9-11H,4-8H2,1-3H3,(H,14,18)(H,16,17). The number of carbonyl (C=O) groups excluding carboxylic acids is 1. The molecule has 0 bridgehead atoms. The topological polar surface area (TPSA) is 69.6 Å². The molecular weight excluding hydrogens is 232 g/mol. The van der Waals surface area contributed by atoms with Crippen LogP contribution in [0.4, 0.5) is 4.79 Å². The molecule has 2 amide bonds. The first kappa shape index (κ1) is 14.8. The van der Waals surface area contributed by atoms with Gasteiger partial charge in [-0.1, -0.05) is 13.8 Å². The highest BCUT2D eigenvalue weighted by Gasteiger charge is 2.29. The van der Waals surface area contributed by atoms with E-state index in [1.54, 1.807) is 6.92 Å². The van der Waals surface area contributed by atoms with Crippen molar-refractivity contribution in [2.24, 2.45) is 11.8 Å². The molecule has 5 heteroatoms. The van der Waals surface area contributed by atoms with Gasteiger partial charge in [0.15, 0.2) is 0 Å². The van der Waals surface area contributed by atoms with Crippen molar-refractivity contribution >= 4 is 12.0 Å². The molecule has 2 N–H and O–H groups in total. The van der Waals surface area contributed by atoms with E-state index in [2.05, 4.69) is 19.2 Å². The zero-order chi connectivity index (χ0) is 13.7. The minimum Gasteiger partial charge on any atom is -0.481 e. The Balaban J connectivity index is 2.20. The van der Waals surface area contributed by atoms with Crippen molar-refractivity contribution in [3.8, 4) is 0 Å². The van der Waals surface area contributed by atoms with E-state index in [1.165, 1.54) is 0 Å². The van der Waals surface area contributed by atoms with Crippen LogP contribution in [0.25, 0.3) is 0 Å². The molecule has 18 heavy (non-hydrogen) atoms. The number of urea groups is 1. The quantitative estimate of drug-likeness (QED) is 0.738. The third-order valence-electron chi connectivity index (χ3n) is 3.56. The number of carbonyl (C=O) groups is 2. The lowest BCUT2D eigenvalue weighted by atomic mass is 10.1. The van der Waals surface area contributed by atoms with Crippen LogP contribution in [0.1, 0.15) is 40.0 Å². The first-order chi connectivity index (χ1) is 8.41. The highest BCUT2D eigenvalue weighted by molar-refractivity contribution is 5.74. The van der Waals surface area contributed by atoms with Crippen LogP contribution >= 0.6 is 0 Å². The molecule has 0 saturated carbocycles. The molecule has 3 unspecified atom stereocenters. The predicted octanol–water partition coefficient (Wildman–Crippen LogP) is 1.93. The molecule has 0 aromatic carbocycles.